The summed E-state index contributed by atoms with van der Waals surface area (Å²) in [6, 6.07) is 12.0. The molecular formula is C16H18ClNO2S. The van der Waals surface area contributed by atoms with E-state index in [9.17, 15) is 8.42 Å². The van der Waals surface area contributed by atoms with Crippen molar-refractivity contribution in [3.63, 3.8) is 0 Å². The summed E-state index contributed by atoms with van der Waals surface area (Å²) in [6.07, 6.45) is 0. The summed E-state index contributed by atoms with van der Waals surface area (Å²) in [7, 11) is -3.43. The lowest BCUT2D eigenvalue weighted by Gasteiger charge is -2.09. The van der Waals surface area contributed by atoms with Gasteiger partial charge in [0.1, 0.15) is 0 Å². The zero-order valence-corrected chi connectivity index (χ0v) is 13.6. The largest absolute Gasteiger partial charge is 0.398 e. The van der Waals surface area contributed by atoms with Crippen LogP contribution in [0.25, 0.3) is 0 Å². The Bertz CT molecular complexity index is 737. The molecule has 112 valence electrons. The zero-order valence-electron chi connectivity index (χ0n) is 12.0. The number of halogens is 1. The van der Waals surface area contributed by atoms with Gasteiger partial charge in [0.15, 0.2) is 9.84 Å². The lowest BCUT2D eigenvalue weighted by atomic mass is 10.0. The normalized spacial score (nSPS) is 11.8. The second-order valence-electron chi connectivity index (χ2n) is 5.34. The first-order valence-electron chi connectivity index (χ1n) is 6.66. The predicted octanol–water partition coefficient (Wildman–Crippen LogP) is 4.02. The van der Waals surface area contributed by atoms with Crippen molar-refractivity contribution in [1.82, 2.24) is 0 Å². The molecule has 0 heterocycles. The summed E-state index contributed by atoms with van der Waals surface area (Å²) in [5.74, 6) is 0.373. The Morgan fingerprint density at radius 3 is 2.24 bits per heavy atom. The van der Waals surface area contributed by atoms with Crippen molar-refractivity contribution in [3.8, 4) is 0 Å². The Morgan fingerprint density at radius 1 is 1.10 bits per heavy atom. The zero-order chi connectivity index (χ0) is 15.6. The summed E-state index contributed by atoms with van der Waals surface area (Å²) < 4.78 is 24.8. The maximum atomic E-state index is 12.4. The average molecular weight is 324 g/mol. The molecule has 0 saturated carbocycles. The highest BCUT2D eigenvalue weighted by atomic mass is 35.5. The van der Waals surface area contributed by atoms with Crippen LogP contribution >= 0.6 is 11.6 Å². The van der Waals surface area contributed by atoms with Crippen molar-refractivity contribution in [2.24, 2.45) is 0 Å². The molecule has 0 aliphatic carbocycles. The number of rotatable bonds is 4. The van der Waals surface area contributed by atoms with Gasteiger partial charge >= 0.3 is 0 Å². The van der Waals surface area contributed by atoms with Crippen molar-refractivity contribution in [2.75, 3.05) is 5.73 Å². The number of sulfone groups is 1. The van der Waals surface area contributed by atoms with Crippen molar-refractivity contribution in [1.29, 1.82) is 0 Å². The minimum atomic E-state index is -3.43. The maximum Gasteiger partial charge on any atom is 0.182 e. The molecule has 0 atom stereocenters. The van der Waals surface area contributed by atoms with Gasteiger partial charge in [0, 0.05) is 0 Å². The fraction of sp³-hybridized carbons (Fsp3) is 0.250. The summed E-state index contributed by atoms with van der Waals surface area (Å²) in [5.41, 5.74) is 7.92. The molecule has 5 heteroatoms. The van der Waals surface area contributed by atoms with Crippen LogP contribution in [0.4, 0.5) is 5.69 Å². The highest BCUT2D eigenvalue weighted by molar-refractivity contribution is 7.90. The van der Waals surface area contributed by atoms with E-state index in [2.05, 4.69) is 13.8 Å². The smallest absolute Gasteiger partial charge is 0.182 e. The van der Waals surface area contributed by atoms with Gasteiger partial charge in [-0.25, -0.2) is 8.42 Å². The average Bonchev–Trinajstić information content (AvgIpc) is 2.42. The number of hydrogen-bond acceptors (Lipinski definition) is 3. The van der Waals surface area contributed by atoms with Gasteiger partial charge in [-0.05, 0) is 35.2 Å². The number of nitrogen functional groups attached to an aromatic ring is 1. The van der Waals surface area contributed by atoms with Gasteiger partial charge in [-0.2, -0.15) is 0 Å². The Kier molecular flexibility index (Phi) is 4.59. The maximum absolute atomic E-state index is 12.4. The van der Waals surface area contributed by atoms with Crippen LogP contribution in [0, 0.1) is 0 Å². The van der Waals surface area contributed by atoms with E-state index in [-0.39, 0.29) is 15.7 Å². The number of nitrogens with two attached hydrogens (primary N) is 1. The molecule has 21 heavy (non-hydrogen) atoms. The van der Waals surface area contributed by atoms with Gasteiger partial charge in [-0.3, -0.25) is 0 Å². The molecule has 0 radical (unpaired) electrons. The Morgan fingerprint density at radius 2 is 1.71 bits per heavy atom. The third-order valence-corrected chi connectivity index (χ3v) is 5.35. The first kappa shape index (κ1) is 15.9. The first-order chi connectivity index (χ1) is 9.79. The molecule has 0 aliphatic heterocycles. The van der Waals surface area contributed by atoms with Crippen molar-refractivity contribution in [3.05, 3.63) is 58.6 Å². The van der Waals surface area contributed by atoms with Crippen LogP contribution < -0.4 is 5.73 Å². The van der Waals surface area contributed by atoms with E-state index in [1.54, 1.807) is 0 Å². The topological polar surface area (TPSA) is 60.2 Å². The second kappa shape index (κ2) is 6.08. The molecule has 3 nitrogen and oxygen atoms in total. The van der Waals surface area contributed by atoms with Crippen LogP contribution in [-0.2, 0) is 15.6 Å². The Balaban J connectivity index is 2.26. The molecule has 2 N–H and O–H groups in total. The Labute approximate surface area is 130 Å². The molecule has 2 aromatic rings. The predicted molar refractivity (Wildman–Crippen MR) is 87.3 cm³/mol. The van der Waals surface area contributed by atoms with E-state index >= 15 is 0 Å². The number of anilines is 1. The summed E-state index contributed by atoms with van der Waals surface area (Å²) in [5, 5.41) is 0.256. The van der Waals surface area contributed by atoms with Gasteiger partial charge in [-0.1, -0.05) is 49.7 Å². The molecule has 0 spiro atoms. The molecule has 0 amide bonds. The fourth-order valence-corrected chi connectivity index (χ4v) is 3.62. The number of benzene rings is 2. The summed E-state index contributed by atoms with van der Waals surface area (Å²) in [4.78, 5) is 0.189. The monoisotopic (exact) mass is 323 g/mol. The van der Waals surface area contributed by atoms with Crippen LogP contribution in [0.3, 0.4) is 0 Å². The van der Waals surface area contributed by atoms with Crippen molar-refractivity contribution in [2.45, 2.75) is 30.4 Å². The van der Waals surface area contributed by atoms with E-state index in [0.29, 0.717) is 11.6 Å². The summed E-state index contributed by atoms with van der Waals surface area (Å²) in [6.45, 7) is 4.20. The fourth-order valence-electron chi connectivity index (χ4n) is 2.00. The first-order valence-corrected chi connectivity index (χ1v) is 8.69. The van der Waals surface area contributed by atoms with Crippen LogP contribution in [0.1, 0.15) is 30.9 Å². The van der Waals surface area contributed by atoms with Gasteiger partial charge in [0.05, 0.1) is 21.4 Å². The lowest BCUT2D eigenvalue weighted by molar-refractivity contribution is 0.595. The second-order valence-corrected chi connectivity index (χ2v) is 7.74. The van der Waals surface area contributed by atoms with Gasteiger partial charge in [0.25, 0.3) is 0 Å². The molecule has 2 aromatic carbocycles. The molecule has 0 saturated heterocycles. The van der Waals surface area contributed by atoms with Gasteiger partial charge in [0.2, 0.25) is 0 Å². The van der Waals surface area contributed by atoms with E-state index in [1.165, 1.54) is 23.8 Å². The molecule has 0 aliphatic rings. The van der Waals surface area contributed by atoms with Crippen molar-refractivity contribution < 1.29 is 8.42 Å². The minimum Gasteiger partial charge on any atom is -0.398 e. The standard InChI is InChI=1S/C16H18ClNO2S/c1-11(2)13-5-3-12(4-6-13)10-21(19,20)14-7-8-16(18)15(17)9-14/h3-9,11H,10,18H2,1-2H3. The van der Waals surface area contributed by atoms with E-state index in [1.807, 2.05) is 24.3 Å². The van der Waals surface area contributed by atoms with Crippen LogP contribution in [0.15, 0.2) is 47.4 Å². The lowest BCUT2D eigenvalue weighted by Crippen LogP contribution is -2.05. The molecule has 2 rings (SSSR count). The summed E-state index contributed by atoms with van der Waals surface area (Å²) >= 11 is 5.89. The van der Waals surface area contributed by atoms with Crippen molar-refractivity contribution >= 4 is 27.1 Å². The van der Waals surface area contributed by atoms with E-state index in [0.717, 1.165) is 5.56 Å². The van der Waals surface area contributed by atoms with Gasteiger partial charge in [-0.15, -0.1) is 0 Å². The third-order valence-electron chi connectivity index (χ3n) is 3.33. The van der Waals surface area contributed by atoms with Crippen LogP contribution in [0.5, 0.6) is 0 Å². The number of hydrogen-bond donors (Lipinski definition) is 1. The van der Waals surface area contributed by atoms with E-state index < -0.39 is 9.84 Å². The molecule has 0 unspecified atom stereocenters. The minimum absolute atomic E-state index is 0.0500. The van der Waals surface area contributed by atoms with Crippen LogP contribution in [0.2, 0.25) is 5.02 Å². The molecular weight excluding hydrogens is 306 g/mol. The molecule has 0 bridgehead atoms. The Hall–Kier alpha value is -1.52. The van der Waals surface area contributed by atoms with E-state index in [4.69, 9.17) is 17.3 Å². The van der Waals surface area contributed by atoms with Gasteiger partial charge < -0.3 is 5.73 Å². The molecule has 0 aromatic heterocycles. The highest BCUT2D eigenvalue weighted by Gasteiger charge is 2.16. The highest BCUT2D eigenvalue weighted by Crippen LogP contribution is 2.25. The SMILES string of the molecule is CC(C)c1ccc(CS(=O)(=O)c2ccc(N)c(Cl)c2)cc1. The molecule has 0 fully saturated rings. The third kappa shape index (κ3) is 3.77. The van der Waals surface area contributed by atoms with Crippen LogP contribution in [-0.4, -0.2) is 8.42 Å². The quantitative estimate of drug-likeness (QED) is 0.864.